The first-order valence-electron chi connectivity index (χ1n) is 2.80. The minimum Gasteiger partial charge on any atom is -0.329 e. The van der Waals surface area contributed by atoms with Crippen molar-refractivity contribution in [2.75, 3.05) is 6.54 Å². The molecule has 0 heterocycles. The predicted octanol–water partition coefficient (Wildman–Crippen LogP) is -0.318. The van der Waals surface area contributed by atoms with Crippen molar-refractivity contribution in [2.45, 2.75) is 18.9 Å². The molecule has 2 nitrogen and oxygen atoms in total. The van der Waals surface area contributed by atoms with Crippen LogP contribution in [-0.2, 0) is 0 Å². The van der Waals surface area contributed by atoms with Gasteiger partial charge < -0.3 is 11.5 Å². The maximum Gasteiger partial charge on any atom is 0.0191 e. The van der Waals surface area contributed by atoms with Crippen LogP contribution in [0.4, 0.5) is 0 Å². The predicted molar refractivity (Wildman–Crippen MR) is 29.8 cm³/mol. The standard InChI is InChI=1S/C5H12N2/c6-3-5(7)4-1-2-4/h4-5H,1-3,6-7H2. The third-order valence-corrected chi connectivity index (χ3v) is 1.50. The largest absolute Gasteiger partial charge is 0.329 e. The van der Waals surface area contributed by atoms with E-state index in [0.717, 1.165) is 5.92 Å². The lowest BCUT2D eigenvalue weighted by molar-refractivity contribution is 0.605. The Balaban J connectivity index is 2.10. The molecule has 0 amide bonds. The minimum absolute atomic E-state index is 0.292. The second-order valence-corrected chi connectivity index (χ2v) is 2.24. The molecule has 0 bridgehead atoms. The molecule has 0 saturated heterocycles. The Morgan fingerprint density at radius 1 is 1.57 bits per heavy atom. The van der Waals surface area contributed by atoms with Gasteiger partial charge in [-0.1, -0.05) is 0 Å². The van der Waals surface area contributed by atoms with Crippen LogP contribution in [0.2, 0.25) is 0 Å². The van der Waals surface area contributed by atoms with Gasteiger partial charge in [0.25, 0.3) is 0 Å². The first-order valence-corrected chi connectivity index (χ1v) is 2.80. The van der Waals surface area contributed by atoms with Crippen LogP contribution < -0.4 is 11.5 Å². The van der Waals surface area contributed by atoms with E-state index in [2.05, 4.69) is 0 Å². The van der Waals surface area contributed by atoms with Gasteiger partial charge >= 0.3 is 0 Å². The zero-order valence-corrected chi connectivity index (χ0v) is 4.43. The number of rotatable bonds is 2. The SMILES string of the molecule is NCC(N)C1CC1. The van der Waals surface area contributed by atoms with Gasteiger partial charge in [0, 0.05) is 12.6 Å². The average molecular weight is 100 g/mol. The summed E-state index contributed by atoms with van der Waals surface area (Å²) in [6.07, 6.45) is 2.61. The fraction of sp³-hybridized carbons (Fsp3) is 1.00. The van der Waals surface area contributed by atoms with Gasteiger partial charge in [-0.3, -0.25) is 0 Å². The van der Waals surface area contributed by atoms with Crippen molar-refractivity contribution in [3.05, 3.63) is 0 Å². The molecule has 0 spiro atoms. The first kappa shape index (κ1) is 5.06. The molecule has 42 valence electrons. The zero-order valence-electron chi connectivity index (χ0n) is 4.43. The molecule has 1 aliphatic carbocycles. The Hall–Kier alpha value is -0.0800. The maximum absolute atomic E-state index is 5.55. The summed E-state index contributed by atoms with van der Waals surface area (Å²) in [4.78, 5) is 0. The summed E-state index contributed by atoms with van der Waals surface area (Å²) in [5.74, 6) is 0.769. The van der Waals surface area contributed by atoms with E-state index in [1.54, 1.807) is 0 Å². The molecule has 0 aromatic rings. The van der Waals surface area contributed by atoms with E-state index < -0.39 is 0 Å². The van der Waals surface area contributed by atoms with Crippen LogP contribution >= 0.6 is 0 Å². The monoisotopic (exact) mass is 100 g/mol. The van der Waals surface area contributed by atoms with Gasteiger partial charge in [-0.05, 0) is 18.8 Å². The van der Waals surface area contributed by atoms with E-state index in [-0.39, 0.29) is 0 Å². The molecule has 0 aliphatic heterocycles. The van der Waals surface area contributed by atoms with Gasteiger partial charge in [0.05, 0.1) is 0 Å². The lowest BCUT2D eigenvalue weighted by Crippen LogP contribution is -2.31. The molecule has 0 aromatic carbocycles. The van der Waals surface area contributed by atoms with Crippen LogP contribution in [0.15, 0.2) is 0 Å². The Kier molecular flexibility index (Phi) is 1.30. The van der Waals surface area contributed by atoms with Crippen molar-refractivity contribution in [2.24, 2.45) is 17.4 Å². The van der Waals surface area contributed by atoms with Crippen LogP contribution in [0.5, 0.6) is 0 Å². The second-order valence-electron chi connectivity index (χ2n) is 2.24. The summed E-state index contributed by atoms with van der Waals surface area (Å²) in [5, 5.41) is 0. The van der Waals surface area contributed by atoms with Gasteiger partial charge in [0.2, 0.25) is 0 Å². The van der Waals surface area contributed by atoms with E-state index in [1.165, 1.54) is 12.8 Å². The van der Waals surface area contributed by atoms with Crippen LogP contribution in [-0.4, -0.2) is 12.6 Å². The van der Waals surface area contributed by atoms with Crippen molar-refractivity contribution >= 4 is 0 Å². The molecule has 1 unspecified atom stereocenters. The third kappa shape index (κ3) is 1.14. The van der Waals surface area contributed by atoms with Gasteiger partial charge in [0.1, 0.15) is 0 Å². The summed E-state index contributed by atoms with van der Waals surface area (Å²) >= 11 is 0. The van der Waals surface area contributed by atoms with Crippen LogP contribution in [0.1, 0.15) is 12.8 Å². The smallest absolute Gasteiger partial charge is 0.0191 e. The second kappa shape index (κ2) is 1.80. The molecule has 1 atom stereocenters. The van der Waals surface area contributed by atoms with E-state index in [9.17, 15) is 0 Å². The highest BCUT2D eigenvalue weighted by atomic mass is 14.7. The Morgan fingerprint density at radius 3 is 2.29 bits per heavy atom. The molecule has 0 radical (unpaired) electrons. The van der Waals surface area contributed by atoms with Crippen LogP contribution in [0.3, 0.4) is 0 Å². The summed E-state index contributed by atoms with van der Waals surface area (Å²) < 4.78 is 0. The van der Waals surface area contributed by atoms with Gasteiger partial charge in [-0.15, -0.1) is 0 Å². The Bertz CT molecular complexity index is 59.1. The maximum atomic E-state index is 5.55. The normalized spacial score (nSPS) is 24.9. The number of hydrogen-bond donors (Lipinski definition) is 2. The van der Waals surface area contributed by atoms with Crippen molar-refractivity contribution < 1.29 is 0 Å². The molecule has 1 rings (SSSR count). The summed E-state index contributed by atoms with van der Waals surface area (Å²) in [7, 11) is 0. The molecule has 0 aromatic heterocycles. The minimum atomic E-state index is 0.292. The molecular formula is C5H12N2. The van der Waals surface area contributed by atoms with Crippen molar-refractivity contribution in [1.29, 1.82) is 0 Å². The van der Waals surface area contributed by atoms with E-state index in [0.29, 0.717) is 12.6 Å². The highest BCUT2D eigenvalue weighted by molar-refractivity contribution is 4.83. The van der Waals surface area contributed by atoms with Gasteiger partial charge in [0.15, 0.2) is 0 Å². The Morgan fingerprint density at radius 2 is 2.14 bits per heavy atom. The molecular weight excluding hydrogens is 88.1 g/mol. The first-order chi connectivity index (χ1) is 3.34. The average Bonchev–Trinajstić information content (AvgIpc) is 2.44. The van der Waals surface area contributed by atoms with Gasteiger partial charge in [-0.2, -0.15) is 0 Å². The summed E-state index contributed by atoms with van der Waals surface area (Å²) in [6.45, 7) is 0.657. The van der Waals surface area contributed by atoms with Crippen molar-refractivity contribution in [1.82, 2.24) is 0 Å². The lowest BCUT2D eigenvalue weighted by atomic mass is 10.2. The highest BCUT2D eigenvalue weighted by Gasteiger charge is 2.26. The van der Waals surface area contributed by atoms with Crippen LogP contribution in [0, 0.1) is 5.92 Å². The molecule has 2 heteroatoms. The Labute approximate surface area is 43.9 Å². The highest BCUT2D eigenvalue weighted by Crippen LogP contribution is 2.30. The quantitative estimate of drug-likeness (QED) is 0.499. The third-order valence-electron chi connectivity index (χ3n) is 1.50. The number of hydrogen-bond acceptors (Lipinski definition) is 2. The lowest BCUT2D eigenvalue weighted by Gasteiger charge is -2.02. The van der Waals surface area contributed by atoms with Crippen molar-refractivity contribution in [3.8, 4) is 0 Å². The van der Waals surface area contributed by atoms with E-state index in [4.69, 9.17) is 11.5 Å². The van der Waals surface area contributed by atoms with Gasteiger partial charge in [-0.25, -0.2) is 0 Å². The molecule has 1 aliphatic rings. The van der Waals surface area contributed by atoms with Crippen LogP contribution in [0.25, 0.3) is 0 Å². The molecule has 1 fully saturated rings. The number of nitrogens with two attached hydrogens (primary N) is 2. The topological polar surface area (TPSA) is 52.0 Å². The molecule has 1 saturated carbocycles. The van der Waals surface area contributed by atoms with Crippen molar-refractivity contribution in [3.63, 3.8) is 0 Å². The molecule has 4 N–H and O–H groups in total. The van der Waals surface area contributed by atoms with E-state index in [1.807, 2.05) is 0 Å². The zero-order chi connectivity index (χ0) is 5.28. The fourth-order valence-corrected chi connectivity index (χ4v) is 0.717. The van der Waals surface area contributed by atoms with E-state index >= 15 is 0 Å². The fourth-order valence-electron chi connectivity index (χ4n) is 0.717. The molecule has 7 heavy (non-hydrogen) atoms. The summed E-state index contributed by atoms with van der Waals surface area (Å²) in [5.41, 5.74) is 10.8. The summed E-state index contributed by atoms with van der Waals surface area (Å²) in [6, 6.07) is 0.292.